The number of benzene rings is 1. The summed E-state index contributed by atoms with van der Waals surface area (Å²) in [4.78, 5) is 33.8. The number of aryl methyl sites for hydroxylation is 1. The molecule has 2 aliphatic rings. The molecule has 13 heteroatoms. The number of fused-ring (bicyclic) bond motifs is 1. The smallest absolute Gasteiger partial charge is 0.431 e. The maximum atomic E-state index is 13.5. The second kappa shape index (κ2) is 14.9. The standard InChI is InChI=1S/C32H39F3N4O5S/c1-5-6-7-8-15-38(3)31(42)39-16-13-21(17-24(39)30(40)41)44-26-18-23(37-29-20(2)25(43-4)12-11-22(26)29)27-10-9-14-36-28(19-45-27)32(33,34)35/h5,10-12,18-19,21,24,36H,1,6-9,13-17H2,2-4H3,(H,40,41)/b27-10+,28-19-/t21-,24-/m0/s1. The summed E-state index contributed by atoms with van der Waals surface area (Å²) in [6.45, 7) is 6.35. The summed E-state index contributed by atoms with van der Waals surface area (Å²) in [6.07, 6.45) is 1.94. The molecule has 0 aliphatic carbocycles. The molecule has 0 radical (unpaired) electrons. The van der Waals surface area contributed by atoms with Gasteiger partial charge in [0.1, 0.15) is 29.3 Å². The number of amides is 2. The SMILES string of the molecule is C=CCCCCN(C)C(=O)N1CC[C@H](Oc2cc(/C3=C\CCN/C(C(F)(F)F)=C\S3)nc3c(C)c(OC)ccc23)C[C@H]1C(=O)O. The number of alkyl halides is 3. The maximum absolute atomic E-state index is 13.5. The molecule has 2 amide bonds. The van der Waals surface area contributed by atoms with Crippen molar-refractivity contribution in [3.63, 3.8) is 0 Å². The third kappa shape index (κ3) is 8.24. The molecule has 1 aromatic carbocycles. The lowest BCUT2D eigenvalue weighted by molar-refractivity contribution is -0.144. The molecule has 2 atom stereocenters. The molecule has 0 bridgehead atoms. The summed E-state index contributed by atoms with van der Waals surface area (Å²) in [6, 6.07) is 3.85. The van der Waals surface area contributed by atoms with Crippen molar-refractivity contribution < 1.29 is 37.3 Å². The Morgan fingerprint density at radius 2 is 2.07 bits per heavy atom. The first-order valence-corrected chi connectivity index (χ1v) is 15.7. The largest absolute Gasteiger partial charge is 0.496 e. The van der Waals surface area contributed by atoms with Crippen LogP contribution in [0.15, 0.2) is 48.0 Å². The molecule has 0 saturated carbocycles. The lowest BCUT2D eigenvalue weighted by Crippen LogP contribution is -2.55. The van der Waals surface area contributed by atoms with E-state index in [0.717, 1.165) is 42.0 Å². The van der Waals surface area contributed by atoms with Crippen molar-refractivity contribution in [1.82, 2.24) is 20.1 Å². The van der Waals surface area contributed by atoms with E-state index in [1.807, 2.05) is 19.1 Å². The predicted molar refractivity (Wildman–Crippen MR) is 169 cm³/mol. The van der Waals surface area contributed by atoms with Crippen LogP contribution in [0, 0.1) is 6.92 Å². The highest BCUT2D eigenvalue weighted by Crippen LogP contribution is 2.39. The van der Waals surface area contributed by atoms with Crippen LogP contribution in [0.2, 0.25) is 0 Å². The summed E-state index contributed by atoms with van der Waals surface area (Å²) >= 11 is 0.919. The zero-order chi connectivity index (χ0) is 32.7. The molecular formula is C32H39F3N4O5S. The van der Waals surface area contributed by atoms with E-state index in [2.05, 4.69) is 11.9 Å². The Morgan fingerprint density at radius 1 is 1.29 bits per heavy atom. The molecule has 0 spiro atoms. The van der Waals surface area contributed by atoms with Gasteiger partial charge in [-0.25, -0.2) is 14.6 Å². The number of aliphatic carboxylic acids is 1. The monoisotopic (exact) mass is 648 g/mol. The van der Waals surface area contributed by atoms with Crippen molar-refractivity contribution in [3.8, 4) is 11.5 Å². The second-order valence-electron chi connectivity index (χ2n) is 11.0. The average molecular weight is 649 g/mol. The first-order chi connectivity index (χ1) is 21.4. The number of urea groups is 1. The Kier molecular flexibility index (Phi) is 11.3. The number of pyridine rings is 1. The van der Waals surface area contributed by atoms with E-state index in [0.29, 0.717) is 52.4 Å². The van der Waals surface area contributed by atoms with Crippen LogP contribution in [-0.2, 0) is 4.79 Å². The molecule has 244 valence electrons. The number of carboxylic acids is 1. The van der Waals surface area contributed by atoms with Gasteiger partial charge in [-0.2, -0.15) is 13.2 Å². The minimum atomic E-state index is -4.51. The van der Waals surface area contributed by atoms with E-state index in [4.69, 9.17) is 14.5 Å². The molecule has 2 aromatic rings. The van der Waals surface area contributed by atoms with Crippen molar-refractivity contribution in [2.24, 2.45) is 0 Å². The molecule has 9 nitrogen and oxygen atoms in total. The highest BCUT2D eigenvalue weighted by molar-refractivity contribution is 8.10. The number of likely N-dealkylation sites (tertiary alicyclic amines) is 1. The highest BCUT2D eigenvalue weighted by atomic mass is 32.2. The van der Waals surface area contributed by atoms with Crippen molar-refractivity contribution in [2.45, 2.75) is 63.8 Å². The highest BCUT2D eigenvalue weighted by Gasteiger charge is 2.39. The zero-order valence-corrected chi connectivity index (χ0v) is 26.5. The number of carbonyl (C=O) groups is 2. The lowest BCUT2D eigenvalue weighted by atomic mass is 9.99. The van der Waals surface area contributed by atoms with Crippen molar-refractivity contribution in [1.29, 1.82) is 0 Å². The Balaban J connectivity index is 1.62. The van der Waals surface area contributed by atoms with Gasteiger partial charge >= 0.3 is 18.2 Å². The Labute approximate surface area is 265 Å². The molecule has 2 aliphatic heterocycles. The van der Waals surface area contributed by atoms with Gasteiger partial charge in [-0.05, 0) is 44.7 Å². The number of carbonyl (C=O) groups excluding carboxylic acids is 1. The van der Waals surface area contributed by atoms with Crippen molar-refractivity contribution >= 4 is 39.6 Å². The molecule has 1 aromatic heterocycles. The third-order valence-electron chi connectivity index (χ3n) is 7.87. The Bertz CT molecular complexity index is 1480. The number of thioether (sulfide) groups is 1. The number of unbranched alkanes of at least 4 members (excludes halogenated alkanes) is 2. The average Bonchev–Trinajstić information content (AvgIpc) is 2.98. The normalized spacial score (nSPS) is 21.3. The first kappa shape index (κ1) is 34.0. The number of piperidine rings is 1. The lowest BCUT2D eigenvalue weighted by Gasteiger charge is -2.39. The van der Waals surface area contributed by atoms with Crippen LogP contribution < -0.4 is 14.8 Å². The van der Waals surface area contributed by atoms with Crippen LogP contribution in [0.25, 0.3) is 15.8 Å². The van der Waals surface area contributed by atoms with Crippen LogP contribution in [-0.4, -0.2) is 84.0 Å². The van der Waals surface area contributed by atoms with Crippen LogP contribution in [0.3, 0.4) is 0 Å². The summed E-state index contributed by atoms with van der Waals surface area (Å²) in [5.74, 6) is -0.0996. The fourth-order valence-corrected chi connectivity index (χ4v) is 6.31. The van der Waals surface area contributed by atoms with Gasteiger partial charge < -0.3 is 29.7 Å². The van der Waals surface area contributed by atoms with Crippen LogP contribution in [0.4, 0.5) is 18.0 Å². The number of methoxy groups -OCH3 is 1. The number of aromatic nitrogens is 1. The van der Waals surface area contributed by atoms with Gasteiger partial charge in [-0.15, -0.1) is 6.58 Å². The van der Waals surface area contributed by atoms with E-state index in [1.165, 1.54) is 4.90 Å². The van der Waals surface area contributed by atoms with E-state index >= 15 is 0 Å². The molecular weight excluding hydrogens is 609 g/mol. The van der Waals surface area contributed by atoms with Crippen LogP contribution >= 0.6 is 11.8 Å². The number of ether oxygens (including phenoxy) is 2. The topological polar surface area (TPSA) is 104 Å². The summed E-state index contributed by atoms with van der Waals surface area (Å²) in [5.41, 5.74) is 0.894. The summed E-state index contributed by atoms with van der Waals surface area (Å²) < 4.78 is 52.3. The number of hydrogen-bond donors (Lipinski definition) is 2. The van der Waals surface area contributed by atoms with Gasteiger partial charge in [-0.3, -0.25) is 0 Å². The van der Waals surface area contributed by atoms with E-state index in [9.17, 15) is 27.9 Å². The fraction of sp³-hybridized carbons (Fsp3) is 0.469. The molecule has 4 rings (SSSR count). The number of rotatable bonds is 10. The number of carboxylic acid groups (broad SMARTS) is 1. The molecule has 45 heavy (non-hydrogen) atoms. The number of nitrogens with one attached hydrogen (secondary N) is 1. The second-order valence-corrected chi connectivity index (χ2v) is 11.9. The number of hydrogen-bond acceptors (Lipinski definition) is 7. The van der Waals surface area contributed by atoms with Gasteiger partial charge in [0, 0.05) is 66.9 Å². The Hall–Kier alpha value is -3.87. The molecule has 1 saturated heterocycles. The maximum Gasteiger partial charge on any atom is 0.431 e. The molecule has 2 N–H and O–H groups in total. The van der Waals surface area contributed by atoms with Crippen LogP contribution in [0.1, 0.15) is 49.8 Å². The van der Waals surface area contributed by atoms with Gasteiger partial charge in [0.2, 0.25) is 0 Å². The number of nitrogens with zero attached hydrogens (tertiary/aromatic N) is 3. The third-order valence-corrected chi connectivity index (χ3v) is 8.86. The van der Waals surface area contributed by atoms with Gasteiger partial charge in [0.15, 0.2) is 0 Å². The zero-order valence-electron chi connectivity index (χ0n) is 25.7. The minimum absolute atomic E-state index is 0.0699. The van der Waals surface area contributed by atoms with Gasteiger partial charge in [0.25, 0.3) is 0 Å². The van der Waals surface area contributed by atoms with Crippen molar-refractivity contribution in [2.75, 3.05) is 33.8 Å². The van der Waals surface area contributed by atoms with Crippen molar-refractivity contribution in [3.05, 3.63) is 59.3 Å². The van der Waals surface area contributed by atoms with E-state index in [1.54, 1.807) is 37.3 Å². The molecule has 1 fully saturated rings. The van der Waals surface area contributed by atoms with Gasteiger partial charge in [0.05, 0.1) is 18.3 Å². The molecule has 0 unspecified atom stereocenters. The fourth-order valence-electron chi connectivity index (χ4n) is 5.41. The number of allylic oxidation sites excluding steroid dienone is 2. The quantitative estimate of drug-likeness (QED) is 0.216. The number of halogens is 3. The molecule has 3 heterocycles. The van der Waals surface area contributed by atoms with Crippen LogP contribution in [0.5, 0.6) is 11.5 Å². The Morgan fingerprint density at radius 3 is 2.76 bits per heavy atom. The summed E-state index contributed by atoms with van der Waals surface area (Å²) in [7, 11) is 3.21. The predicted octanol–water partition coefficient (Wildman–Crippen LogP) is 6.73. The minimum Gasteiger partial charge on any atom is -0.496 e. The first-order valence-electron chi connectivity index (χ1n) is 14.8. The van der Waals surface area contributed by atoms with Gasteiger partial charge in [-0.1, -0.05) is 23.9 Å². The summed E-state index contributed by atoms with van der Waals surface area (Å²) in [5, 5.41) is 14.2. The van der Waals surface area contributed by atoms with E-state index in [-0.39, 0.29) is 25.5 Å². The van der Waals surface area contributed by atoms with E-state index < -0.39 is 30.0 Å².